The van der Waals surface area contributed by atoms with Gasteiger partial charge in [0.25, 0.3) is 0 Å². The molecule has 5 nitrogen and oxygen atoms in total. The summed E-state index contributed by atoms with van der Waals surface area (Å²) in [5.41, 5.74) is 2.33. The molecule has 1 aliphatic rings. The maximum Gasteiger partial charge on any atom is 0.337 e. The first kappa shape index (κ1) is 26.0. The third-order valence-electron chi connectivity index (χ3n) is 7.05. The van der Waals surface area contributed by atoms with E-state index in [1.54, 1.807) is 6.07 Å². The molecule has 1 aliphatic heterocycles. The molecule has 0 aromatic heterocycles. The largest absolute Gasteiger partial charge is 0.465 e. The van der Waals surface area contributed by atoms with Crippen molar-refractivity contribution < 1.29 is 19.1 Å². The Bertz CT molecular complexity index is 981. The molecule has 34 heavy (non-hydrogen) atoms. The summed E-state index contributed by atoms with van der Waals surface area (Å²) in [6.45, 7) is 12.7. The molecule has 2 aromatic rings. The summed E-state index contributed by atoms with van der Waals surface area (Å²) in [5.74, 6) is -0.314. The molecule has 0 spiro atoms. The Kier molecular flexibility index (Phi) is 8.19. The molecule has 0 amide bonds. The van der Waals surface area contributed by atoms with Crippen molar-refractivity contribution in [1.82, 2.24) is 4.90 Å². The highest BCUT2D eigenvalue weighted by atomic mass is 16.6. The number of nitrogens with zero attached hydrogens (tertiary/aromatic N) is 1. The van der Waals surface area contributed by atoms with Crippen molar-refractivity contribution in [1.29, 1.82) is 0 Å². The van der Waals surface area contributed by atoms with Crippen LogP contribution in [0.1, 0.15) is 62.5 Å². The Balaban J connectivity index is 1.74. The highest BCUT2D eigenvalue weighted by Gasteiger charge is 2.39. The molecule has 1 heterocycles. The SMILES string of the molecule is COC(=O)c1cccc(C2(C)CCN(CC(Cc3ccccc3)C(=O)OC(C)(C)C)CC2C)c1. The van der Waals surface area contributed by atoms with E-state index in [0.717, 1.165) is 30.6 Å². The number of hydrogen-bond donors (Lipinski definition) is 0. The molecule has 0 radical (unpaired) electrons. The number of benzene rings is 2. The average Bonchev–Trinajstić information content (AvgIpc) is 2.80. The number of ether oxygens (including phenoxy) is 2. The van der Waals surface area contributed by atoms with E-state index in [1.165, 1.54) is 7.11 Å². The fourth-order valence-corrected chi connectivity index (χ4v) is 4.85. The molecule has 0 N–H and O–H groups in total. The van der Waals surface area contributed by atoms with Gasteiger partial charge in [-0.3, -0.25) is 4.79 Å². The van der Waals surface area contributed by atoms with Gasteiger partial charge < -0.3 is 14.4 Å². The predicted octanol–water partition coefficient (Wildman–Crippen LogP) is 5.27. The molecule has 2 aromatic carbocycles. The zero-order valence-corrected chi connectivity index (χ0v) is 21.5. The molecule has 3 atom stereocenters. The van der Waals surface area contributed by atoms with Crippen molar-refractivity contribution in [2.75, 3.05) is 26.7 Å². The van der Waals surface area contributed by atoms with Gasteiger partial charge in [-0.25, -0.2) is 4.79 Å². The van der Waals surface area contributed by atoms with Crippen molar-refractivity contribution in [2.24, 2.45) is 11.8 Å². The summed E-state index contributed by atoms with van der Waals surface area (Å²) in [6.07, 6.45) is 1.62. The molecular formula is C29H39NO4. The Morgan fingerprint density at radius 1 is 1.12 bits per heavy atom. The third-order valence-corrected chi connectivity index (χ3v) is 7.05. The molecule has 1 fully saturated rings. The smallest absolute Gasteiger partial charge is 0.337 e. The molecule has 3 rings (SSSR count). The van der Waals surface area contributed by atoms with Gasteiger partial charge >= 0.3 is 11.9 Å². The fraction of sp³-hybridized carbons (Fsp3) is 0.517. The monoisotopic (exact) mass is 465 g/mol. The average molecular weight is 466 g/mol. The van der Waals surface area contributed by atoms with Gasteiger partial charge in [0.15, 0.2) is 0 Å². The van der Waals surface area contributed by atoms with E-state index >= 15 is 0 Å². The Hall–Kier alpha value is -2.66. The Labute approximate surface area is 204 Å². The summed E-state index contributed by atoms with van der Waals surface area (Å²) in [4.78, 5) is 27.5. The van der Waals surface area contributed by atoms with Crippen molar-refractivity contribution in [3.8, 4) is 0 Å². The topological polar surface area (TPSA) is 55.8 Å². The lowest BCUT2D eigenvalue weighted by Crippen LogP contribution is -2.49. The number of methoxy groups -OCH3 is 1. The quantitative estimate of drug-likeness (QED) is 0.521. The predicted molar refractivity (Wildman–Crippen MR) is 135 cm³/mol. The van der Waals surface area contributed by atoms with Crippen LogP contribution in [0, 0.1) is 11.8 Å². The van der Waals surface area contributed by atoms with E-state index in [1.807, 2.05) is 51.1 Å². The van der Waals surface area contributed by atoms with Gasteiger partial charge in [0.05, 0.1) is 18.6 Å². The molecule has 0 saturated carbocycles. The lowest BCUT2D eigenvalue weighted by molar-refractivity contribution is -0.160. The van der Waals surface area contributed by atoms with Crippen LogP contribution in [0.3, 0.4) is 0 Å². The first-order valence-electron chi connectivity index (χ1n) is 12.2. The number of piperidine rings is 1. The summed E-state index contributed by atoms with van der Waals surface area (Å²) in [6, 6.07) is 18.0. The van der Waals surface area contributed by atoms with Crippen LogP contribution in [0.4, 0.5) is 0 Å². The van der Waals surface area contributed by atoms with Gasteiger partial charge in [-0.1, -0.05) is 56.3 Å². The molecule has 184 valence electrons. The van der Waals surface area contributed by atoms with E-state index in [0.29, 0.717) is 24.4 Å². The van der Waals surface area contributed by atoms with Gasteiger partial charge in [-0.15, -0.1) is 0 Å². The molecular weight excluding hydrogens is 426 g/mol. The van der Waals surface area contributed by atoms with Crippen LogP contribution in [0.15, 0.2) is 54.6 Å². The summed E-state index contributed by atoms with van der Waals surface area (Å²) < 4.78 is 10.7. The zero-order valence-electron chi connectivity index (χ0n) is 21.5. The van der Waals surface area contributed by atoms with E-state index < -0.39 is 5.60 Å². The minimum absolute atomic E-state index is 0.0542. The van der Waals surface area contributed by atoms with Gasteiger partial charge in [0, 0.05) is 13.1 Å². The van der Waals surface area contributed by atoms with E-state index in [4.69, 9.17) is 9.47 Å². The fourth-order valence-electron chi connectivity index (χ4n) is 4.85. The second-order valence-electron chi connectivity index (χ2n) is 10.8. The van der Waals surface area contributed by atoms with Crippen LogP contribution < -0.4 is 0 Å². The van der Waals surface area contributed by atoms with Crippen LogP contribution in [0.5, 0.6) is 0 Å². The molecule has 0 aliphatic carbocycles. The second-order valence-corrected chi connectivity index (χ2v) is 10.8. The number of rotatable bonds is 7. The number of esters is 2. The van der Waals surface area contributed by atoms with E-state index in [2.05, 4.69) is 36.9 Å². The van der Waals surface area contributed by atoms with Crippen LogP contribution in [-0.4, -0.2) is 49.2 Å². The second kappa shape index (κ2) is 10.7. The maximum atomic E-state index is 13.1. The highest BCUT2D eigenvalue weighted by molar-refractivity contribution is 5.89. The molecule has 0 bridgehead atoms. The van der Waals surface area contributed by atoms with Crippen LogP contribution in [0.2, 0.25) is 0 Å². The number of carbonyl (C=O) groups excluding carboxylic acids is 2. The van der Waals surface area contributed by atoms with Crippen molar-refractivity contribution in [3.05, 3.63) is 71.3 Å². The van der Waals surface area contributed by atoms with Gasteiger partial charge in [-0.2, -0.15) is 0 Å². The first-order valence-corrected chi connectivity index (χ1v) is 12.2. The van der Waals surface area contributed by atoms with Crippen molar-refractivity contribution >= 4 is 11.9 Å². The number of hydrogen-bond acceptors (Lipinski definition) is 5. The standard InChI is InChI=1S/C29H39NO4/c1-21-19-30(16-15-29(21,5)25-14-10-13-23(18-25)26(31)33-6)20-24(27(32)34-28(2,3)4)17-22-11-8-7-9-12-22/h7-14,18,21,24H,15-17,19-20H2,1-6H3. The minimum atomic E-state index is -0.509. The van der Waals surface area contributed by atoms with Gasteiger partial charge in [0.2, 0.25) is 0 Å². The Morgan fingerprint density at radius 2 is 1.82 bits per heavy atom. The minimum Gasteiger partial charge on any atom is -0.465 e. The van der Waals surface area contributed by atoms with E-state index in [-0.39, 0.29) is 23.3 Å². The molecule has 1 saturated heterocycles. The van der Waals surface area contributed by atoms with Gasteiger partial charge in [-0.05, 0) is 74.8 Å². The highest BCUT2D eigenvalue weighted by Crippen LogP contribution is 2.40. The summed E-state index contributed by atoms with van der Waals surface area (Å²) >= 11 is 0. The third kappa shape index (κ3) is 6.47. The van der Waals surface area contributed by atoms with Crippen LogP contribution >= 0.6 is 0 Å². The van der Waals surface area contributed by atoms with Crippen LogP contribution in [0.25, 0.3) is 0 Å². The number of carbonyl (C=O) groups is 2. The van der Waals surface area contributed by atoms with E-state index in [9.17, 15) is 9.59 Å². The van der Waals surface area contributed by atoms with Gasteiger partial charge in [0.1, 0.15) is 5.60 Å². The van der Waals surface area contributed by atoms with Crippen LogP contribution in [-0.2, 0) is 26.1 Å². The summed E-state index contributed by atoms with van der Waals surface area (Å²) in [7, 11) is 1.41. The lowest BCUT2D eigenvalue weighted by atomic mass is 9.67. The molecule has 5 heteroatoms. The zero-order chi connectivity index (χ0) is 24.9. The number of likely N-dealkylation sites (tertiary alicyclic amines) is 1. The first-order chi connectivity index (χ1) is 16.0. The van der Waals surface area contributed by atoms with Crippen molar-refractivity contribution in [3.63, 3.8) is 0 Å². The normalized spacial score (nSPS) is 22.1. The molecule has 3 unspecified atom stereocenters. The van der Waals surface area contributed by atoms with Crippen molar-refractivity contribution in [2.45, 2.75) is 58.5 Å². The summed E-state index contributed by atoms with van der Waals surface area (Å²) in [5, 5.41) is 0. The maximum absolute atomic E-state index is 13.1. The lowest BCUT2D eigenvalue weighted by Gasteiger charge is -2.46. The Morgan fingerprint density at radius 3 is 2.44 bits per heavy atom.